The van der Waals surface area contributed by atoms with Crippen LogP contribution in [0.25, 0.3) is 11.4 Å². The molecule has 0 saturated heterocycles. The number of hydrogen-bond donors (Lipinski definition) is 2. The minimum absolute atomic E-state index is 0.103. The largest absolute Gasteiger partial charge is 0.368 e. The molecular formula is C19H18BrN5O. The number of halogens is 1. The van der Waals surface area contributed by atoms with Crippen molar-refractivity contribution in [3.05, 3.63) is 70.6 Å². The summed E-state index contributed by atoms with van der Waals surface area (Å²) in [4.78, 5) is 25.1. The van der Waals surface area contributed by atoms with Crippen LogP contribution in [0, 0.1) is 6.92 Å². The Labute approximate surface area is 160 Å². The molecule has 0 fully saturated rings. The zero-order valence-electron chi connectivity index (χ0n) is 14.2. The van der Waals surface area contributed by atoms with E-state index < -0.39 is 0 Å². The number of carbonyl (C=O) groups excluding carboxylic acids is 1. The molecule has 0 aliphatic carbocycles. The average Bonchev–Trinajstić information content (AvgIpc) is 2.66. The van der Waals surface area contributed by atoms with Crippen LogP contribution in [-0.2, 0) is 0 Å². The van der Waals surface area contributed by atoms with Crippen molar-refractivity contribution in [3.63, 3.8) is 0 Å². The molecule has 2 heterocycles. The highest BCUT2D eigenvalue weighted by atomic mass is 79.9. The molecule has 0 aliphatic rings. The zero-order chi connectivity index (χ0) is 18.4. The lowest BCUT2D eigenvalue weighted by Crippen LogP contribution is -2.28. The van der Waals surface area contributed by atoms with Gasteiger partial charge in [0.15, 0.2) is 5.82 Å². The molecule has 0 unspecified atom stereocenters. The lowest BCUT2D eigenvalue weighted by Gasteiger charge is -2.09. The number of amides is 1. The van der Waals surface area contributed by atoms with Crippen LogP contribution in [0.15, 0.2) is 59.3 Å². The molecule has 3 rings (SSSR count). The summed E-state index contributed by atoms with van der Waals surface area (Å²) in [5, 5.41) is 6.10. The first-order chi connectivity index (χ1) is 12.6. The monoisotopic (exact) mass is 411 g/mol. The van der Waals surface area contributed by atoms with Crippen molar-refractivity contribution in [1.82, 2.24) is 20.3 Å². The second-order valence-corrected chi connectivity index (χ2v) is 6.57. The van der Waals surface area contributed by atoms with E-state index in [2.05, 4.69) is 41.5 Å². The normalized spacial score (nSPS) is 10.4. The fraction of sp³-hybridized carbons (Fsp3) is 0.158. The van der Waals surface area contributed by atoms with Crippen LogP contribution < -0.4 is 10.6 Å². The highest BCUT2D eigenvalue weighted by molar-refractivity contribution is 9.10. The Balaban J connectivity index is 1.56. The van der Waals surface area contributed by atoms with Crippen LogP contribution in [0.5, 0.6) is 0 Å². The Kier molecular flexibility index (Phi) is 5.91. The van der Waals surface area contributed by atoms with Crippen molar-refractivity contribution in [2.45, 2.75) is 6.92 Å². The molecule has 6 nitrogen and oxygen atoms in total. The number of aryl methyl sites for hydroxylation is 1. The molecule has 0 spiro atoms. The minimum Gasteiger partial charge on any atom is -0.368 e. The fourth-order valence-electron chi connectivity index (χ4n) is 2.35. The third-order valence-corrected chi connectivity index (χ3v) is 4.13. The fourth-order valence-corrected chi connectivity index (χ4v) is 2.62. The molecular weight excluding hydrogens is 394 g/mol. The topological polar surface area (TPSA) is 79.8 Å². The molecule has 0 saturated carbocycles. The zero-order valence-corrected chi connectivity index (χ0v) is 15.8. The molecule has 132 valence electrons. The number of hydrogen-bond acceptors (Lipinski definition) is 5. The van der Waals surface area contributed by atoms with Gasteiger partial charge >= 0.3 is 0 Å². The first-order valence-electron chi connectivity index (χ1n) is 8.15. The third kappa shape index (κ3) is 4.86. The van der Waals surface area contributed by atoms with Crippen LogP contribution in [0.2, 0.25) is 0 Å². The molecule has 0 aliphatic heterocycles. The van der Waals surface area contributed by atoms with Gasteiger partial charge in [0.25, 0.3) is 5.91 Å². The molecule has 26 heavy (non-hydrogen) atoms. The molecule has 2 N–H and O–H groups in total. The van der Waals surface area contributed by atoms with Crippen molar-refractivity contribution < 1.29 is 4.79 Å². The summed E-state index contributed by atoms with van der Waals surface area (Å²) in [6, 6.07) is 12.9. The van der Waals surface area contributed by atoms with Gasteiger partial charge in [0, 0.05) is 52.8 Å². The van der Waals surface area contributed by atoms with Crippen LogP contribution in [0.4, 0.5) is 5.82 Å². The van der Waals surface area contributed by atoms with Gasteiger partial charge in [0.1, 0.15) is 5.82 Å². The van der Waals surface area contributed by atoms with Crippen molar-refractivity contribution in [3.8, 4) is 11.4 Å². The first kappa shape index (κ1) is 18.0. The van der Waals surface area contributed by atoms with E-state index in [0.717, 1.165) is 15.7 Å². The van der Waals surface area contributed by atoms with E-state index in [4.69, 9.17) is 0 Å². The van der Waals surface area contributed by atoms with Gasteiger partial charge < -0.3 is 10.6 Å². The summed E-state index contributed by atoms with van der Waals surface area (Å²) in [6.45, 7) is 2.97. The van der Waals surface area contributed by atoms with Gasteiger partial charge in [0.2, 0.25) is 0 Å². The van der Waals surface area contributed by atoms with Crippen molar-refractivity contribution in [2.75, 3.05) is 18.4 Å². The first-order valence-corrected chi connectivity index (χ1v) is 8.95. The SMILES string of the molecule is Cc1cc(NCCNC(=O)c2ccc(Br)cc2)nc(-c2cccnc2)n1. The molecule has 7 heteroatoms. The second-order valence-electron chi connectivity index (χ2n) is 5.65. The molecule has 0 radical (unpaired) electrons. The van der Waals surface area contributed by atoms with E-state index in [1.807, 2.05) is 37.3 Å². The lowest BCUT2D eigenvalue weighted by atomic mass is 10.2. The maximum Gasteiger partial charge on any atom is 0.251 e. The van der Waals surface area contributed by atoms with Gasteiger partial charge in [-0.1, -0.05) is 15.9 Å². The minimum atomic E-state index is -0.103. The number of anilines is 1. The molecule has 1 amide bonds. The van der Waals surface area contributed by atoms with Gasteiger partial charge in [-0.3, -0.25) is 9.78 Å². The van der Waals surface area contributed by atoms with Crippen LogP contribution in [0.1, 0.15) is 16.1 Å². The number of aromatic nitrogens is 3. The Morgan fingerprint density at radius 2 is 1.92 bits per heavy atom. The number of rotatable bonds is 6. The summed E-state index contributed by atoms with van der Waals surface area (Å²) in [5.41, 5.74) is 2.35. The van der Waals surface area contributed by atoms with Crippen LogP contribution in [-0.4, -0.2) is 33.9 Å². The Bertz CT molecular complexity index is 884. The van der Waals surface area contributed by atoms with Crippen LogP contribution >= 0.6 is 15.9 Å². The predicted molar refractivity (Wildman–Crippen MR) is 105 cm³/mol. The van der Waals surface area contributed by atoms with E-state index >= 15 is 0 Å². The summed E-state index contributed by atoms with van der Waals surface area (Å²) in [6.07, 6.45) is 3.45. The quantitative estimate of drug-likeness (QED) is 0.607. The van der Waals surface area contributed by atoms with Crippen molar-refractivity contribution >= 4 is 27.7 Å². The van der Waals surface area contributed by atoms with Crippen molar-refractivity contribution in [1.29, 1.82) is 0 Å². The molecule has 1 aromatic carbocycles. The lowest BCUT2D eigenvalue weighted by molar-refractivity contribution is 0.0955. The van der Waals surface area contributed by atoms with E-state index in [-0.39, 0.29) is 5.91 Å². The second kappa shape index (κ2) is 8.53. The highest BCUT2D eigenvalue weighted by Gasteiger charge is 2.06. The number of carbonyl (C=O) groups is 1. The molecule has 0 atom stereocenters. The smallest absolute Gasteiger partial charge is 0.251 e. The number of nitrogens with zero attached hydrogens (tertiary/aromatic N) is 3. The van der Waals surface area contributed by atoms with E-state index in [0.29, 0.717) is 30.3 Å². The molecule has 2 aromatic heterocycles. The summed E-state index contributed by atoms with van der Waals surface area (Å²) in [7, 11) is 0. The number of pyridine rings is 1. The molecule has 3 aromatic rings. The molecule has 0 bridgehead atoms. The standard InChI is InChI=1S/C19H18BrN5O/c1-13-11-17(25-18(24-13)15-3-2-8-21-12-15)22-9-10-23-19(26)14-4-6-16(20)7-5-14/h2-8,11-12H,9-10H2,1H3,(H,23,26)(H,22,24,25). The van der Waals surface area contributed by atoms with E-state index in [1.54, 1.807) is 24.5 Å². The number of nitrogens with one attached hydrogen (secondary N) is 2. The Hall–Kier alpha value is -2.80. The Morgan fingerprint density at radius 1 is 1.12 bits per heavy atom. The maximum atomic E-state index is 12.1. The maximum absolute atomic E-state index is 12.1. The summed E-state index contributed by atoms with van der Waals surface area (Å²) in [5.74, 6) is 1.24. The van der Waals surface area contributed by atoms with E-state index in [1.165, 1.54) is 0 Å². The Morgan fingerprint density at radius 3 is 2.65 bits per heavy atom. The van der Waals surface area contributed by atoms with Gasteiger partial charge in [-0.25, -0.2) is 9.97 Å². The third-order valence-electron chi connectivity index (χ3n) is 3.60. The van der Waals surface area contributed by atoms with Crippen LogP contribution in [0.3, 0.4) is 0 Å². The summed E-state index contributed by atoms with van der Waals surface area (Å²) >= 11 is 3.36. The van der Waals surface area contributed by atoms with Gasteiger partial charge in [-0.05, 0) is 43.3 Å². The van der Waals surface area contributed by atoms with E-state index in [9.17, 15) is 4.79 Å². The average molecular weight is 412 g/mol. The van der Waals surface area contributed by atoms with Gasteiger partial charge in [-0.2, -0.15) is 0 Å². The summed E-state index contributed by atoms with van der Waals surface area (Å²) < 4.78 is 0.944. The highest BCUT2D eigenvalue weighted by Crippen LogP contribution is 2.16. The van der Waals surface area contributed by atoms with Gasteiger partial charge in [-0.15, -0.1) is 0 Å². The predicted octanol–water partition coefficient (Wildman–Crippen LogP) is 3.45. The van der Waals surface area contributed by atoms with Gasteiger partial charge in [0.05, 0.1) is 0 Å². The number of benzene rings is 1. The van der Waals surface area contributed by atoms with Crippen molar-refractivity contribution in [2.24, 2.45) is 0 Å².